The summed E-state index contributed by atoms with van der Waals surface area (Å²) in [4.78, 5) is 44.7. The average molecular weight is 580 g/mol. The lowest BCUT2D eigenvalue weighted by Crippen LogP contribution is -2.41. The molecule has 2 aromatic heterocycles. The Kier molecular flexibility index (Phi) is 8.72. The third-order valence-electron chi connectivity index (χ3n) is 5.59. The Morgan fingerprint density at radius 2 is 2.03 bits per heavy atom. The van der Waals surface area contributed by atoms with Crippen LogP contribution in [0.15, 0.2) is 30.5 Å². The summed E-state index contributed by atoms with van der Waals surface area (Å²) in [5.74, 6) is -1.79. The molecule has 0 spiro atoms. The second-order valence-electron chi connectivity index (χ2n) is 8.89. The van der Waals surface area contributed by atoms with E-state index in [2.05, 4.69) is 25.9 Å². The number of halogens is 1. The Morgan fingerprint density at radius 3 is 2.67 bits per heavy atom. The zero-order valence-corrected chi connectivity index (χ0v) is 22.4. The number of hydrogen-bond donors (Lipinski definition) is 4. The van der Waals surface area contributed by atoms with Crippen LogP contribution < -0.4 is 16.0 Å². The van der Waals surface area contributed by atoms with Crippen molar-refractivity contribution in [2.45, 2.75) is 30.6 Å². The van der Waals surface area contributed by atoms with Gasteiger partial charge in [0, 0.05) is 48.7 Å². The van der Waals surface area contributed by atoms with E-state index in [1.807, 2.05) is 0 Å². The van der Waals surface area contributed by atoms with Crippen molar-refractivity contribution >= 4 is 55.1 Å². The lowest BCUT2D eigenvalue weighted by molar-refractivity contribution is -0.126. The zero-order valence-electron chi connectivity index (χ0n) is 20.8. The molecule has 39 heavy (non-hydrogen) atoms. The van der Waals surface area contributed by atoms with Crippen LogP contribution in [0.3, 0.4) is 0 Å². The number of nitrogens with one attached hydrogen (secondary N) is 3. The largest absolute Gasteiger partial charge is 0.449 e. The molecule has 3 aromatic rings. The predicted octanol–water partition coefficient (Wildman–Crippen LogP) is 1.91. The summed E-state index contributed by atoms with van der Waals surface area (Å²) in [6, 6.07) is 5.68. The third kappa shape index (κ3) is 7.46. The van der Waals surface area contributed by atoms with E-state index in [-0.39, 0.29) is 47.7 Å². The first kappa shape index (κ1) is 28.3. The monoisotopic (exact) mass is 579 g/mol. The molecule has 0 saturated heterocycles. The fourth-order valence-corrected chi connectivity index (χ4v) is 6.08. The fourth-order valence-electron chi connectivity index (χ4n) is 3.55. The van der Waals surface area contributed by atoms with Crippen molar-refractivity contribution < 1.29 is 37.0 Å². The molecule has 0 radical (unpaired) electrons. The number of carbonyl (C=O) groups is 3. The highest BCUT2D eigenvalue weighted by atomic mass is 32.2. The van der Waals surface area contributed by atoms with Crippen molar-refractivity contribution in [1.82, 2.24) is 20.6 Å². The molecule has 1 atom stereocenters. The maximum atomic E-state index is 15.0. The highest BCUT2D eigenvalue weighted by Crippen LogP contribution is 2.35. The lowest BCUT2D eigenvalue weighted by Gasteiger charge is -2.12. The maximum absolute atomic E-state index is 15.0. The molecule has 1 aliphatic carbocycles. The number of sulfone groups is 1. The number of benzene rings is 1. The number of ether oxygens (including phenoxy) is 1. The first-order valence-corrected chi connectivity index (χ1v) is 14.7. The van der Waals surface area contributed by atoms with E-state index >= 15 is 0 Å². The highest BCUT2D eigenvalue weighted by molar-refractivity contribution is 7.91. The normalized spacial score (nSPS) is 14.0. The van der Waals surface area contributed by atoms with Crippen LogP contribution >= 0.6 is 11.3 Å². The van der Waals surface area contributed by atoms with Gasteiger partial charge in [0.1, 0.15) is 16.6 Å². The van der Waals surface area contributed by atoms with E-state index < -0.39 is 38.8 Å². The number of amides is 3. The number of carbonyl (C=O) groups excluding carboxylic acids is 3. The first-order valence-electron chi connectivity index (χ1n) is 11.9. The molecule has 4 rings (SSSR count). The van der Waals surface area contributed by atoms with Gasteiger partial charge in [0.15, 0.2) is 15.1 Å². The summed E-state index contributed by atoms with van der Waals surface area (Å²) in [5, 5.41) is 14.5. The molecule has 3 amide bonds. The van der Waals surface area contributed by atoms with E-state index in [9.17, 15) is 27.2 Å². The number of nitrogens with zero attached hydrogens (tertiary/aromatic N) is 2. The molecular weight excluding hydrogens is 553 g/mol. The number of hydrogen-bond acceptors (Lipinski definition) is 10. The van der Waals surface area contributed by atoms with Crippen LogP contribution in [0.1, 0.15) is 29.5 Å². The summed E-state index contributed by atoms with van der Waals surface area (Å²) in [7, 11) is -3.97. The third-order valence-corrected chi connectivity index (χ3v) is 8.12. The molecule has 12 nitrogen and oxygen atoms in total. The molecule has 2 heterocycles. The van der Waals surface area contributed by atoms with Gasteiger partial charge >= 0.3 is 6.09 Å². The van der Waals surface area contributed by atoms with Crippen LogP contribution in [0.4, 0.5) is 15.0 Å². The molecular formula is C24H26FN5O7S2. The van der Waals surface area contributed by atoms with Crippen LogP contribution in [-0.2, 0) is 24.2 Å². The molecule has 0 aliphatic heterocycles. The van der Waals surface area contributed by atoms with Gasteiger partial charge in [-0.3, -0.25) is 14.9 Å². The highest BCUT2D eigenvalue weighted by Gasteiger charge is 2.34. The van der Waals surface area contributed by atoms with E-state index in [1.165, 1.54) is 24.4 Å². The van der Waals surface area contributed by atoms with Crippen LogP contribution in [-0.4, -0.2) is 73.5 Å². The quantitative estimate of drug-likeness (QED) is 0.247. The molecule has 15 heteroatoms. The van der Waals surface area contributed by atoms with Crippen molar-refractivity contribution in [3.05, 3.63) is 41.3 Å². The minimum absolute atomic E-state index is 0.0417. The lowest BCUT2D eigenvalue weighted by atomic mass is 10.1. The fraction of sp³-hybridized carbons (Fsp3) is 0.375. The molecule has 1 aromatic carbocycles. The number of aromatic nitrogens is 2. The minimum atomic E-state index is -3.97. The summed E-state index contributed by atoms with van der Waals surface area (Å²) in [6.45, 7) is -0.443. The summed E-state index contributed by atoms with van der Waals surface area (Å²) < 4.78 is 45.3. The Labute approximate surface area is 226 Å². The molecule has 1 unspecified atom stereocenters. The van der Waals surface area contributed by atoms with E-state index in [0.29, 0.717) is 16.7 Å². The average Bonchev–Trinajstić information content (AvgIpc) is 3.59. The van der Waals surface area contributed by atoms with E-state index in [1.54, 1.807) is 0 Å². The Bertz CT molecular complexity index is 1490. The van der Waals surface area contributed by atoms with Gasteiger partial charge in [0.05, 0.1) is 23.4 Å². The smallest absolute Gasteiger partial charge is 0.412 e. The van der Waals surface area contributed by atoms with Gasteiger partial charge in [-0.05, 0) is 31.0 Å². The Hall–Kier alpha value is -3.69. The second-order valence-corrected chi connectivity index (χ2v) is 12.1. The predicted molar refractivity (Wildman–Crippen MR) is 141 cm³/mol. The van der Waals surface area contributed by atoms with Gasteiger partial charge in [0.2, 0.25) is 11.8 Å². The number of fused-ring (bicyclic) bond motifs is 1. The standard InChI is InChI=1S/C24H26FN5O7S2/c1-39(35,36)21(22(33)27-12-20(32)28-14-4-5-14)23-29-17-10-16(25)15(9-18(17)38-23)13-3-6-19(26-11-13)30-24(34)37-8-2-7-31/h3,6,9-11,14,21,31H,2,4-5,7-8,12H2,1H3,(H,27,33)(H,28,32)(H,26,30,34). The molecule has 4 N–H and O–H groups in total. The van der Waals surface area contributed by atoms with Crippen molar-refractivity contribution in [3.8, 4) is 11.1 Å². The van der Waals surface area contributed by atoms with E-state index in [0.717, 1.165) is 36.5 Å². The van der Waals surface area contributed by atoms with Gasteiger partial charge in [-0.1, -0.05) is 0 Å². The zero-order chi connectivity index (χ0) is 28.2. The van der Waals surface area contributed by atoms with Crippen molar-refractivity contribution in [3.63, 3.8) is 0 Å². The van der Waals surface area contributed by atoms with Gasteiger partial charge in [-0.2, -0.15) is 0 Å². The van der Waals surface area contributed by atoms with Crippen LogP contribution in [0.5, 0.6) is 0 Å². The molecule has 0 bridgehead atoms. The van der Waals surface area contributed by atoms with Gasteiger partial charge in [0.25, 0.3) is 0 Å². The van der Waals surface area contributed by atoms with E-state index in [4.69, 9.17) is 9.84 Å². The number of thiazole rings is 1. The number of rotatable bonds is 11. The Morgan fingerprint density at radius 1 is 1.26 bits per heavy atom. The topological polar surface area (TPSA) is 177 Å². The van der Waals surface area contributed by atoms with Crippen molar-refractivity contribution in [1.29, 1.82) is 0 Å². The first-order chi connectivity index (χ1) is 18.5. The second kappa shape index (κ2) is 12.0. The molecule has 1 saturated carbocycles. The number of anilines is 1. The van der Waals surface area contributed by atoms with Crippen molar-refractivity contribution in [2.75, 3.05) is 31.3 Å². The number of aliphatic hydroxyl groups excluding tert-OH is 1. The summed E-state index contributed by atoms with van der Waals surface area (Å²) >= 11 is 0.924. The van der Waals surface area contributed by atoms with Gasteiger partial charge in [-0.25, -0.2) is 27.6 Å². The maximum Gasteiger partial charge on any atom is 0.412 e. The SMILES string of the molecule is CS(=O)(=O)C(C(=O)NCC(=O)NC1CC1)c1nc2cc(F)c(-c3ccc(NC(=O)OCCCO)nc3)cc2s1. The van der Waals surface area contributed by atoms with Crippen LogP contribution in [0.25, 0.3) is 21.3 Å². The Balaban J connectivity index is 1.52. The summed E-state index contributed by atoms with van der Waals surface area (Å²) in [5.41, 5.74) is 0.697. The van der Waals surface area contributed by atoms with Gasteiger partial charge in [-0.15, -0.1) is 11.3 Å². The number of pyridine rings is 1. The van der Waals surface area contributed by atoms with Crippen LogP contribution in [0.2, 0.25) is 0 Å². The number of aliphatic hydroxyl groups is 1. The van der Waals surface area contributed by atoms with Gasteiger partial charge < -0.3 is 20.5 Å². The molecule has 208 valence electrons. The molecule has 1 aliphatic rings. The van der Waals surface area contributed by atoms with Crippen LogP contribution in [0, 0.1) is 5.82 Å². The molecule has 1 fully saturated rings. The minimum Gasteiger partial charge on any atom is -0.449 e. The van der Waals surface area contributed by atoms with Crippen molar-refractivity contribution in [2.24, 2.45) is 0 Å². The summed E-state index contributed by atoms with van der Waals surface area (Å²) in [6.07, 6.45) is 3.52.